The molecule has 2 heterocycles. The minimum Gasteiger partial charge on any atom is -0.294 e. The van der Waals surface area contributed by atoms with E-state index in [1.165, 1.54) is 0 Å². The van der Waals surface area contributed by atoms with E-state index in [1.807, 2.05) is 0 Å². The van der Waals surface area contributed by atoms with Crippen LogP contribution in [0.5, 0.6) is 0 Å². The van der Waals surface area contributed by atoms with Crippen molar-refractivity contribution in [3.63, 3.8) is 0 Å². The summed E-state index contributed by atoms with van der Waals surface area (Å²) >= 11 is 3.23. The highest BCUT2D eigenvalue weighted by molar-refractivity contribution is 8.05. The Kier molecular flexibility index (Phi) is 2.32. The van der Waals surface area contributed by atoms with Gasteiger partial charge in [-0.3, -0.25) is 14.9 Å². The summed E-state index contributed by atoms with van der Waals surface area (Å²) in [7, 11) is 0. The van der Waals surface area contributed by atoms with Gasteiger partial charge in [-0.1, -0.05) is 0 Å². The molecule has 2 aliphatic heterocycles. The van der Waals surface area contributed by atoms with Crippen LogP contribution in [0.15, 0.2) is 0 Å². The van der Waals surface area contributed by atoms with E-state index < -0.39 is 0 Å². The minimum absolute atomic E-state index is 0.0931. The number of imide groups is 1. The molecule has 2 atom stereocenters. The molecule has 66 valence electrons. The van der Waals surface area contributed by atoms with Crippen LogP contribution in [-0.2, 0) is 9.59 Å². The molecule has 2 amide bonds. The number of hydrogen-bond donors (Lipinski definition) is 1. The molecule has 0 aliphatic carbocycles. The highest BCUT2D eigenvalue weighted by Crippen LogP contribution is 2.33. The van der Waals surface area contributed by atoms with Gasteiger partial charge < -0.3 is 0 Å². The predicted octanol–water partition coefficient (Wildman–Crippen LogP) is 0.250. The van der Waals surface area contributed by atoms with Gasteiger partial charge in [0, 0.05) is 0 Å². The highest BCUT2D eigenvalue weighted by Gasteiger charge is 2.42. The first-order valence-electron chi connectivity index (χ1n) is 3.87. The monoisotopic (exact) mass is 203 g/mol. The van der Waals surface area contributed by atoms with Gasteiger partial charge in [0.1, 0.15) is 10.5 Å². The van der Waals surface area contributed by atoms with E-state index in [0.717, 1.165) is 17.9 Å². The van der Waals surface area contributed by atoms with E-state index >= 15 is 0 Å². The number of rotatable bonds is 0. The van der Waals surface area contributed by atoms with E-state index in [1.54, 1.807) is 23.5 Å². The van der Waals surface area contributed by atoms with Crippen LogP contribution in [0.25, 0.3) is 0 Å². The first-order valence-corrected chi connectivity index (χ1v) is 5.97. The van der Waals surface area contributed by atoms with Crippen LogP contribution < -0.4 is 5.32 Å². The summed E-state index contributed by atoms with van der Waals surface area (Å²) in [4.78, 5) is 22.4. The Morgan fingerprint density at radius 1 is 1.08 bits per heavy atom. The Bertz CT molecular complexity index is 209. The third kappa shape index (κ3) is 1.35. The number of hydrogen-bond acceptors (Lipinski definition) is 4. The molecule has 1 unspecified atom stereocenters. The maximum absolute atomic E-state index is 11.2. The summed E-state index contributed by atoms with van der Waals surface area (Å²) < 4.78 is 0. The average Bonchev–Trinajstić information content (AvgIpc) is 2.29. The molecule has 0 saturated carbocycles. The molecule has 3 nitrogen and oxygen atoms in total. The van der Waals surface area contributed by atoms with E-state index in [-0.39, 0.29) is 22.3 Å². The second-order valence-corrected chi connectivity index (χ2v) is 5.29. The van der Waals surface area contributed by atoms with E-state index in [0.29, 0.717) is 0 Å². The van der Waals surface area contributed by atoms with Gasteiger partial charge in [0.2, 0.25) is 11.8 Å². The molecule has 2 fully saturated rings. The first-order chi connectivity index (χ1) is 5.79. The number of thioether (sulfide) groups is 2. The van der Waals surface area contributed by atoms with Gasteiger partial charge in [-0.25, -0.2) is 0 Å². The van der Waals surface area contributed by atoms with Crippen molar-refractivity contribution >= 4 is 35.3 Å². The van der Waals surface area contributed by atoms with Gasteiger partial charge in [0.05, 0.1) is 0 Å². The van der Waals surface area contributed by atoms with Gasteiger partial charge in [0.15, 0.2) is 0 Å². The predicted molar refractivity (Wildman–Crippen MR) is 50.3 cm³/mol. The molecule has 0 bridgehead atoms. The summed E-state index contributed by atoms with van der Waals surface area (Å²) in [6.45, 7) is 0. The molecule has 0 spiro atoms. The Morgan fingerprint density at radius 2 is 1.58 bits per heavy atom. The maximum Gasteiger partial charge on any atom is 0.241 e. The lowest BCUT2D eigenvalue weighted by molar-refractivity contribution is -0.124. The molecule has 0 aromatic heterocycles. The highest BCUT2D eigenvalue weighted by atomic mass is 32.2. The molecular weight excluding hydrogens is 194 g/mol. The van der Waals surface area contributed by atoms with Gasteiger partial charge in [-0.15, -0.1) is 23.5 Å². The molecule has 1 N–H and O–H groups in total. The molecule has 12 heavy (non-hydrogen) atoms. The summed E-state index contributed by atoms with van der Waals surface area (Å²) in [5.41, 5.74) is 0. The zero-order chi connectivity index (χ0) is 8.55. The summed E-state index contributed by atoms with van der Waals surface area (Å²) in [6.07, 6.45) is 1.10. The van der Waals surface area contributed by atoms with E-state index in [4.69, 9.17) is 0 Å². The third-order valence-electron chi connectivity index (χ3n) is 1.92. The number of nitrogens with one attached hydrogen (secondary N) is 1. The zero-order valence-corrected chi connectivity index (χ0v) is 8.04. The molecule has 5 heteroatoms. The van der Waals surface area contributed by atoms with Crippen molar-refractivity contribution in [1.82, 2.24) is 5.32 Å². The number of carbonyl (C=O) groups is 2. The molecule has 0 aromatic carbocycles. The van der Waals surface area contributed by atoms with Crippen LogP contribution in [0.2, 0.25) is 0 Å². The SMILES string of the molecule is O=C1NC(=O)[C@@H]2SCCCSC12. The van der Waals surface area contributed by atoms with Gasteiger partial charge in [-0.2, -0.15) is 0 Å². The van der Waals surface area contributed by atoms with E-state index in [9.17, 15) is 9.59 Å². The second-order valence-electron chi connectivity index (χ2n) is 2.79. The molecular formula is C7H9NO2S2. The number of amides is 2. The smallest absolute Gasteiger partial charge is 0.241 e. The third-order valence-corrected chi connectivity index (χ3v) is 4.83. The summed E-state index contributed by atoms with van der Waals surface area (Å²) in [6, 6.07) is 0. The lowest BCUT2D eigenvalue weighted by atomic mass is 10.3. The van der Waals surface area contributed by atoms with E-state index in [2.05, 4.69) is 5.32 Å². The van der Waals surface area contributed by atoms with Crippen LogP contribution in [-0.4, -0.2) is 33.8 Å². The van der Waals surface area contributed by atoms with Crippen LogP contribution in [0.4, 0.5) is 0 Å². The molecule has 2 aliphatic rings. The van der Waals surface area contributed by atoms with Crippen molar-refractivity contribution in [3.8, 4) is 0 Å². The Labute approximate surface area is 79.0 Å². The quantitative estimate of drug-likeness (QED) is 0.573. The van der Waals surface area contributed by atoms with Crippen molar-refractivity contribution in [2.75, 3.05) is 11.5 Å². The minimum atomic E-state index is -0.120. The van der Waals surface area contributed by atoms with Crippen molar-refractivity contribution in [3.05, 3.63) is 0 Å². The number of carbonyl (C=O) groups excluding carboxylic acids is 2. The molecule has 0 aromatic rings. The lowest BCUT2D eigenvalue weighted by Gasteiger charge is -2.08. The fourth-order valence-corrected chi connectivity index (χ4v) is 4.15. The fraction of sp³-hybridized carbons (Fsp3) is 0.714. The number of fused-ring (bicyclic) bond motifs is 1. The van der Waals surface area contributed by atoms with Gasteiger partial charge in [0.25, 0.3) is 0 Å². The maximum atomic E-state index is 11.2. The lowest BCUT2D eigenvalue weighted by Crippen LogP contribution is -2.23. The van der Waals surface area contributed by atoms with Crippen molar-refractivity contribution in [2.45, 2.75) is 16.9 Å². The largest absolute Gasteiger partial charge is 0.294 e. The van der Waals surface area contributed by atoms with Crippen molar-refractivity contribution in [2.24, 2.45) is 0 Å². The molecule has 0 radical (unpaired) electrons. The topological polar surface area (TPSA) is 46.2 Å². The second kappa shape index (κ2) is 3.30. The Hall–Kier alpha value is -0.160. The zero-order valence-electron chi connectivity index (χ0n) is 6.41. The first kappa shape index (κ1) is 8.44. The standard InChI is InChI=1S/C7H9NO2S2/c9-6-4-5(7(10)8-6)12-3-1-2-11-4/h4-5H,1-3H2,(H,8,9,10)/t4-,5?/m1/s1. The fourth-order valence-electron chi connectivity index (χ4n) is 1.34. The normalized spacial score (nSPS) is 35.7. The molecule has 2 saturated heterocycles. The molecule has 2 rings (SSSR count). The van der Waals surface area contributed by atoms with Crippen molar-refractivity contribution in [1.29, 1.82) is 0 Å². The van der Waals surface area contributed by atoms with Crippen LogP contribution >= 0.6 is 23.5 Å². The van der Waals surface area contributed by atoms with Crippen LogP contribution in [0.3, 0.4) is 0 Å². The van der Waals surface area contributed by atoms with Gasteiger partial charge in [-0.05, 0) is 17.9 Å². The average molecular weight is 203 g/mol. The van der Waals surface area contributed by atoms with Crippen molar-refractivity contribution < 1.29 is 9.59 Å². The Morgan fingerprint density at radius 3 is 2.08 bits per heavy atom. The Balaban J connectivity index is 2.17. The summed E-state index contributed by atoms with van der Waals surface area (Å²) in [5, 5.41) is 2.13. The van der Waals surface area contributed by atoms with Gasteiger partial charge >= 0.3 is 0 Å². The van der Waals surface area contributed by atoms with Crippen LogP contribution in [0, 0.1) is 0 Å². The summed E-state index contributed by atoms with van der Waals surface area (Å²) in [5.74, 6) is 1.80. The van der Waals surface area contributed by atoms with Crippen LogP contribution in [0.1, 0.15) is 6.42 Å².